The van der Waals surface area contributed by atoms with E-state index in [1.165, 1.54) is 0 Å². The van der Waals surface area contributed by atoms with Crippen molar-refractivity contribution in [2.24, 2.45) is 0 Å². The summed E-state index contributed by atoms with van der Waals surface area (Å²) in [6.45, 7) is 3.47. The Hall–Kier alpha value is -2.02. The van der Waals surface area contributed by atoms with Crippen LogP contribution in [0.4, 0.5) is 0 Å². The molecule has 1 aliphatic heterocycles. The summed E-state index contributed by atoms with van der Waals surface area (Å²) in [5, 5.41) is -0.293. The molecule has 5 atom stereocenters. The molecule has 0 aromatic heterocycles. The van der Waals surface area contributed by atoms with Crippen molar-refractivity contribution in [3.63, 3.8) is 0 Å². The summed E-state index contributed by atoms with van der Waals surface area (Å²) in [5.74, 6) is 0. The Morgan fingerprint density at radius 3 is 1.41 bits per heavy atom. The van der Waals surface area contributed by atoms with E-state index in [0.29, 0.717) is 19.8 Å². The highest BCUT2D eigenvalue weighted by Gasteiger charge is 2.45. The second-order valence-corrected chi connectivity index (χ2v) is 8.88. The number of halogens is 1. The van der Waals surface area contributed by atoms with E-state index in [1.54, 1.807) is 0 Å². The molecule has 1 aliphatic rings. The summed E-state index contributed by atoms with van der Waals surface area (Å²) in [7, 11) is 0. The quantitative estimate of drug-likeness (QED) is 0.346. The molecule has 0 spiro atoms. The normalized spacial score (nSPS) is 25.5. The van der Waals surface area contributed by atoms with Crippen molar-refractivity contribution in [2.75, 3.05) is 0 Å². The van der Waals surface area contributed by atoms with Gasteiger partial charge in [0.2, 0.25) is 0 Å². The van der Waals surface area contributed by atoms with Gasteiger partial charge in [0, 0.05) is 0 Å². The summed E-state index contributed by atoms with van der Waals surface area (Å²) in [6, 6.07) is 30.5. The highest BCUT2D eigenvalue weighted by atomic mass is 79.9. The Bertz CT molecular complexity index is 867. The van der Waals surface area contributed by atoms with Crippen LogP contribution in [0, 0.1) is 0 Å². The minimum Gasteiger partial charge on any atom is -0.368 e. The van der Waals surface area contributed by atoms with Gasteiger partial charge in [-0.15, -0.1) is 0 Å². The Labute approximate surface area is 198 Å². The van der Waals surface area contributed by atoms with E-state index >= 15 is 0 Å². The van der Waals surface area contributed by atoms with Crippen molar-refractivity contribution >= 4 is 15.9 Å². The van der Waals surface area contributed by atoms with Gasteiger partial charge in [-0.3, -0.25) is 0 Å². The number of hydrogen-bond acceptors (Lipinski definition) is 4. The van der Waals surface area contributed by atoms with Gasteiger partial charge in [-0.2, -0.15) is 0 Å². The lowest BCUT2D eigenvalue weighted by Gasteiger charge is -2.43. The van der Waals surface area contributed by atoms with E-state index in [-0.39, 0.29) is 29.4 Å². The predicted molar refractivity (Wildman–Crippen MR) is 128 cm³/mol. The predicted octanol–water partition coefficient (Wildman–Crippen LogP) is 5.88. The fourth-order valence-corrected chi connectivity index (χ4v) is 4.65. The van der Waals surface area contributed by atoms with Gasteiger partial charge in [0.15, 0.2) is 0 Å². The number of rotatable bonds is 9. The second kappa shape index (κ2) is 11.7. The smallest absolute Gasteiger partial charge is 0.141 e. The molecule has 1 heterocycles. The van der Waals surface area contributed by atoms with Crippen LogP contribution in [0.15, 0.2) is 91.0 Å². The van der Waals surface area contributed by atoms with Crippen molar-refractivity contribution in [2.45, 2.75) is 56.2 Å². The largest absolute Gasteiger partial charge is 0.368 e. The molecular formula is C27H29BrO4. The first kappa shape index (κ1) is 23.1. The van der Waals surface area contributed by atoms with Crippen LogP contribution in [-0.4, -0.2) is 29.4 Å². The lowest BCUT2D eigenvalue weighted by atomic mass is 10.00. The molecule has 5 heteroatoms. The highest BCUT2D eigenvalue weighted by molar-refractivity contribution is 9.09. The average molecular weight is 497 g/mol. The molecule has 4 nitrogen and oxygen atoms in total. The van der Waals surface area contributed by atoms with E-state index < -0.39 is 0 Å². The Morgan fingerprint density at radius 1 is 0.594 bits per heavy atom. The molecule has 4 rings (SSSR count). The van der Waals surface area contributed by atoms with E-state index in [1.807, 2.05) is 61.5 Å². The molecule has 0 N–H and O–H groups in total. The molecule has 32 heavy (non-hydrogen) atoms. The van der Waals surface area contributed by atoms with Gasteiger partial charge in [0.05, 0.1) is 25.9 Å². The van der Waals surface area contributed by atoms with Crippen molar-refractivity contribution in [3.8, 4) is 0 Å². The Kier molecular flexibility index (Phi) is 8.49. The Balaban J connectivity index is 1.50. The van der Waals surface area contributed by atoms with Gasteiger partial charge in [0.1, 0.15) is 23.3 Å². The van der Waals surface area contributed by atoms with Crippen LogP contribution in [0.5, 0.6) is 0 Å². The maximum Gasteiger partial charge on any atom is 0.141 e. The zero-order valence-electron chi connectivity index (χ0n) is 18.2. The fourth-order valence-electron chi connectivity index (χ4n) is 3.85. The maximum atomic E-state index is 6.45. The second-order valence-electron chi connectivity index (χ2n) is 7.98. The third-order valence-electron chi connectivity index (χ3n) is 5.57. The highest BCUT2D eigenvalue weighted by Crippen LogP contribution is 2.32. The molecule has 0 aliphatic carbocycles. The minimum atomic E-state index is -0.323. The van der Waals surface area contributed by atoms with Crippen molar-refractivity contribution in [1.82, 2.24) is 0 Å². The molecule has 0 amide bonds. The van der Waals surface area contributed by atoms with Crippen LogP contribution < -0.4 is 0 Å². The standard InChI is InChI=1S/C27H29BrO4/c1-20-24(29-17-21-11-5-2-6-12-21)25(30-18-22-13-7-3-8-14-22)26(27(28)32-20)31-19-23-15-9-4-10-16-23/h2-16,20,24-27H,17-19H2,1H3/t20-,24-,25+,26+,27+/m1/s1. The third kappa shape index (κ3) is 6.27. The number of ether oxygens (including phenoxy) is 4. The summed E-state index contributed by atoms with van der Waals surface area (Å²) in [6.07, 6.45) is -1.04. The first-order valence-corrected chi connectivity index (χ1v) is 11.9. The van der Waals surface area contributed by atoms with Crippen LogP contribution in [0.25, 0.3) is 0 Å². The molecule has 1 fully saturated rings. The summed E-state index contributed by atoms with van der Waals surface area (Å²) >= 11 is 3.68. The fraction of sp³-hybridized carbons (Fsp3) is 0.333. The number of hydrogen-bond donors (Lipinski definition) is 0. The monoisotopic (exact) mass is 496 g/mol. The maximum absolute atomic E-state index is 6.45. The summed E-state index contributed by atoms with van der Waals surface area (Å²) < 4.78 is 25.3. The molecule has 168 valence electrons. The van der Waals surface area contributed by atoms with Crippen LogP contribution in [0.1, 0.15) is 23.6 Å². The lowest BCUT2D eigenvalue weighted by Crippen LogP contribution is -2.57. The van der Waals surface area contributed by atoms with Gasteiger partial charge in [-0.1, -0.05) is 107 Å². The SMILES string of the molecule is C[C@H]1O[C@H](Br)[C@@H](OCc2ccccc2)[C@@H](OCc2ccccc2)[C@@H]1OCc1ccccc1. The zero-order valence-corrected chi connectivity index (χ0v) is 19.8. The first-order valence-electron chi connectivity index (χ1n) is 11.0. The molecule has 0 unspecified atom stereocenters. The Morgan fingerprint density at radius 2 is 0.969 bits per heavy atom. The molecule has 3 aromatic carbocycles. The number of alkyl halides is 1. The van der Waals surface area contributed by atoms with Crippen molar-refractivity contribution in [1.29, 1.82) is 0 Å². The molecule has 0 bridgehead atoms. The molecule has 3 aromatic rings. The zero-order chi connectivity index (χ0) is 22.2. The molecule has 1 saturated heterocycles. The van der Waals surface area contributed by atoms with Crippen LogP contribution >= 0.6 is 15.9 Å². The van der Waals surface area contributed by atoms with Crippen molar-refractivity contribution < 1.29 is 18.9 Å². The third-order valence-corrected chi connectivity index (χ3v) is 6.31. The van der Waals surface area contributed by atoms with E-state index in [0.717, 1.165) is 16.7 Å². The van der Waals surface area contributed by atoms with Crippen LogP contribution in [-0.2, 0) is 38.8 Å². The van der Waals surface area contributed by atoms with E-state index in [4.69, 9.17) is 18.9 Å². The van der Waals surface area contributed by atoms with Gasteiger partial charge >= 0.3 is 0 Å². The van der Waals surface area contributed by atoms with Gasteiger partial charge < -0.3 is 18.9 Å². The molecule has 0 saturated carbocycles. The first-order chi connectivity index (χ1) is 15.7. The molecular weight excluding hydrogens is 468 g/mol. The van der Waals surface area contributed by atoms with E-state index in [9.17, 15) is 0 Å². The van der Waals surface area contributed by atoms with E-state index in [2.05, 4.69) is 52.3 Å². The molecule has 0 radical (unpaired) electrons. The average Bonchev–Trinajstić information content (AvgIpc) is 2.83. The lowest BCUT2D eigenvalue weighted by molar-refractivity contribution is -0.241. The minimum absolute atomic E-state index is 0.152. The van der Waals surface area contributed by atoms with Crippen LogP contribution in [0.2, 0.25) is 0 Å². The van der Waals surface area contributed by atoms with Gasteiger partial charge in [-0.05, 0) is 23.6 Å². The van der Waals surface area contributed by atoms with Crippen molar-refractivity contribution in [3.05, 3.63) is 108 Å². The summed E-state index contributed by atoms with van der Waals surface area (Å²) in [4.78, 5) is 0. The van der Waals surface area contributed by atoms with Gasteiger partial charge in [-0.25, -0.2) is 0 Å². The van der Waals surface area contributed by atoms with Crippen LogP contribution in [0.3, 0.4) is 0 Å². The topological polar surface area (TPSA) is 36.9 Å². The number of benzene rings is 3. The summed E-state index contributed by atoms with van der Waals surface area (Å²) in [5.41, 5.74) is 3.33. The van der Waals surface area contributed by atoms with Gasteiger partial charge in [0.25, 0.3) is 0 Å².